The maximum atomic E-state index is 5.68. The zero-order chi connectivity index (χ0) is 10.5. The third-order valence-electron chi connectivity index (χ3n) is 1.93. The molecular weight excluding hydrogens is 210 g/mol. The van der Waals surface area contributed by atoms with Crippen LogP contribution in [0, 0.1) is 0 Å². The lowest BCUT2D eigenvalue weighted by Crippen LogP contribution is -2.00. The van der Waals surface area contributed by atoms with E-state index in [1.807, 2.05) is 24.3 Å². The van der Waals surface area contributed by atoms with E-state index in [2.05, 4.69) is 15.3 Å². The lowest BCUT2D eigenvalue weighted by atomic mass is 10.3. The number of pyridine rings is 2. The Morgan fingerprint density at radius 3 is 2.73 bits per heavy atom. The molecule has 0 aliphatic carbocycles. The van der Waals surface area contributed by atoms with Gasteiger partial charge in [0.25, 0.3) is 0 Å². The Labute approximate surface area is 93.1 Å². The highest BCUT2D eigenvalue weighted by Crippen LogP contribution is 2.07. The molecule has 0 aromatic carbocycles. The fraction of sp³-hybridized carbons (Fsp3) is 0.0909. The molecule has 1 N–H and O–H groups in total. The first-order chi connectivity index (χ1) is 7.34. The number of rotatable bonds is 3. The number of aromatic nitrogens is 2. The third-order valence-corrected chi connectivity index (χ3v) is 2.15. The monoisotopic (exact) mass is 219 g/mol. The Balaban J connectivity index is 1.96. The summed E-state index contributed by atoms with van der Waals surface area (Å²) in [6.45, 7) is 0.696. The smallest absolute Gasteiger partial charge is 0.129 e. The molecule has 0 saturated carbocycles. The standard InChI is InChI=1S/C11H10ClN3/c12-10-5-4-9(7-14-10)8-15-11-3-1-2-6-13-11/h1-7H,8H2,(H,13,15). The molecule has 0 spiro atoms. The number of anilines is 1. The molecule has 0 atom stereocenters. The second kappa shape index (κ2) is 4.75. The van der Waals surface area contributed by atoms with Crippen molar-refractivity contribution in [1.82, 2.24) is 9.97 Å². The van der Waals surface area contributed by atoms with Crippen molar-refractivity contribution in [2.24, 2.45) is 0 Å². The van der Waals surface area contributed by atoms with Crippen molar-refractivity contribution in [3.63, 3.8) is 0 Å². The summed E-state index contributed by atoms with van der Waals surface area (Å²) < 4.78 is 0. The van der Waals surface area contributed by atoms with E-state index >= 15 is 0 Å². The third kappa shape index (κ3) is 2.92. The molecule has 3 nitrogen and oxygen atoms in total. The molecule has 0 saturated heterocycles. The van der Waals surface area contributed by atoms with Crippen molar-refractivity contribution in [3.05, 3.63) is 53.4 Å². The number of hydrogen-bond acceptors (Lipinski definition) is 3. The van der Waals surface area contributed by atoms with Gasteiger partial charge >= 0.3 is 0 Å². The van der Waals surface area contributed by atoms with Gasteiger partial charge in [-0.15, -0.1) is 0 Å². The molecule has 0 aliphatic rings. The van der Waals surface area contributed by atoms with Gasteiger partial charge in [-0.05, 0) is 23.8 Å². The zero-order valence-corrected chi connectivity index (χ0v) is 8.78. The van der Waals surface area contributed by atoms with Crippen LogP contribution in [0.25, 0.3) is 0 Å². The Hall–Kier alpha value is -1.61. The van der Waals surface area contributed by atoms with E-state index in [1.165, 1.54) is 0 Å². The van der Waals surface area contributed by atoms with Gasteiger partial charge < -0.3 is 5.32 Å². The van der Waals surface area contributed by atoms with E-state index in [9.17, 15) is 0 Å². The summed E-state index contributed by atoms with van der Waals surface area (Å²) in [6.07, 6.45) is 3.50. The molecule has 2 rings (SSSR count). The maximum absolute atomic E-state index is 5.68. The largest absolute Gasteiger partial charge is 0.366 e. The second-order valence-corrected chi connectivity index (χ2v) is 3.44. The van der Waals surface area contributed by atoms with Crippen LogP contribution in [-0.4, -0.2) is 9.97 Å². The fourth-order valence-electron chi connectivity index (χ4n) is 1.17. The summed E-state index contributed by atoms with van der Waals surface area (Å²) in [5.41, 5.74) is 1.07. The molecule has 0 radical (unpaired) electrons. The molecule has 2 aromatic heterocycles. The normalized spacial score (nSPS) is 9.93. The van der Waals surface area contributed by atoms with E-state index in [-0.39, 0.29) is 0 Å². The summed E-state index contributed by atoms with van der Waals surface area (Å²) >= 11 is 5.68. The minimum Gasteiger partial charge on any atom is -0.366 e. The first-order valence-corrected chi connectivity index (χ1v) is 4.98. The van der Waals surface area contributed by atoms with Gasteiger partial charge in [-0.25, -0.2) is 9.97 Å². The van der Waals surface area contributed by atoms with E-state index in [0.29, 0.717) is 11.7 Å². The number of nitrogens with zero attached hydrogens (tertiary/aromatic N) is 2. The lowest BCUT2D eigenvalue weighted by Gasteiger charge is -2.04. The summed E-state index contributed by atoms with van der Waals surface area (Å²) in [5.74, 6) is 0.854. The van der Waals surface area contributed by atoms with Gasteiger partial charge in [-0.3, -0.25) is 0 Å². The maximum Gasteiger partial charge on any atom is 0.129 e. The average Bonchev–Trinajstić information content (AvgIpc) is 2.30. The Bertz CT molecular complexity index is 414. The topological polar surface area (TPSA) is 37.8 Å². The number of halogens is 1. The summed E-state index contributed by atoms with van der Waals surface area (Å²) in [7, 11) is 0. The molecular formula is C11H10ClN3. The SMILES string of the molecule is Clc1ccc(CNc2ccccn2)cn1. The molecule has 76 valence electrons. The fourth-order valence-corrected chi connectivity index (χ4v) is 1.28. The van der Waals surface area contributed by atoms with Gasteiger partial charge in [-0.2, -0.15) is 0 Å². The van der Waals surface area contributed by atoms with Crippen molar-refractivity contribution in [3.8, 4) is 0 Å². The van der Waals surface area contributed by atoms with Gasteiger partial charge in [0.1, 0.15) is 11.0 Å². The first kappa shape index (κ1) is 9.93. The summed E-state index contributed by atoms with van der Waals surface area (Å²) in [5, 5.41) is 3.70. The Kier molecular flexibility index (Phi) is 3.15. The van der Waals surface area contributed by atoms with Crippen LogP contribution in [0.15, 0.2) is 42.7 Å². The van der Waals surface area contributed by atoms with Crippen LogP contribution in [0.3, 0.4) is 0 Å². The van der Waals surface area contributed by atoms with Gasteiger partial charge in [-0.1, -0.05) is 23.7 Å². The minimum atomic E-state index is 0.511. The van der Waals surface area contributed by atoms with Crippen molar-refractivity contribution in [2.45, 2.75) is 6.54 Å². The lowest BCUT2D eigenvalue weighted by molar-refractivity contribution is 1.09. The van der Waals surface area contributed by atoms with Crippen molar-refractivity contribution < 1.29 is 0 Å². The highest BCUT2D eigenvalue weighted by molar-refractivity contribution is 6.29. The molecule has 0 amide bonds. The molecule has 0 unspecified atom stereocenters. The van der Waals surface area contributed by atoms with Crippen LogP contribution < -0.4 is 5.32 Å². The Morgan fingerprint density at radius 2 is 2.07 bits per heavy atom. The van der Waals surface area contributed by atoms with Gasteiger partial charge in [0, 0.05) is 18.9 Å². The van der Waals surface area contributed by atoms with Crippen LogP contribution in [0.5, 0.6) is 0 Å². The molecule has 15 heavy (non-hydrogen) atoms. The first-order valence-electron chi connectivity index (χ1n) is 4.60. The minimum absolute atomic E-state index is 0.511. The zero-order valence-electron chi connectivity index (χ0n) is 8.02. The van der Waals surface area contributed by atoms with Gasteiger partial charge in [0.05, 0.1) is 0 Å². The molecule has 0 aliphatic heterocycles. The molecule has 4 heteroatoms. The van der Waals surface area contributed by atoms with Crippen molar-refractivity contribution >= 4 is 17.4 Å². The molecule has 2 heterocycles. The quantitative estimate of drug-likeness (QED) is 0.807. The van der Waals surface area contributed by atoms with Crippen LogP contribution in [0.1, 0.15) is 5.56 Å². The second-order valence-electron chi connectivity index (χ2n) is 3.06. The van der Waals surface area contributed by atoms with Crippen molar-refractivity contribution in [2.75, 3.05) is 5.32 Å². The van der Waals surface area contributed by atoms with E-state index in [4.69, 9.17) is 11.6 Å². The van der Waals surface area contributed by atoms with E-state index in [1.54, 1.807) is 18.5 Å². The van der Waals surface area contributed by atoms with E-state index in [0.717, 1.165) is 11.4 Å². The predicted molar refractivity (Wildman–Crippen MR) is 60.8 cm³/mol. The highest BCUT2D eigenvalue weighted by atomic mass is 35.5. The summed E-state index contributed by atoms with van der Waals surface area (Å²) in [6, 6.07) is 9.45. The van der Waals surface area contributed by atoms with Crippen LogP contribution >= 0.6 is 11.6 Å². The predicted octanol–water partition coefficient (Wildman–Crippen LogP) is 2.74. The van der Waals surface area contributed by atoms with Crippen LogP contribution in [0.4, 0.5) is 5.82 Å². The highest BCUT2D eigenvalue weighted by Gasteiger charge is 1.94. The molecule has 0 fully saturated rings. The van der Waals surface area contributed by atoms with Crippen LogP contribution in [0.2, 0.25) is 5.15 Å². The van der Waals surface area contributed by atoms with Gasteiger partial charge in [0.15, 0.2) is 0 Å². The molecule has 0 bridgehead atoms. The number of nitrogens with one attached hydrogen (secondary N) is 1. The van der Waals surface area contributed by atoms with Crippen molar-refractivity contribution in [1.29, 1.82) is 0 Å². The van der Waals surface area contributed by atoms with Crippen LogP contribution in [-0.2, 0) is 6.54 Å². The Morgan fingerprint density at radius 1 is 1.13 bits per heavy atom. The number of hydrogen-bond donors (Lipinski definition) is 1. The average molecular weight is 220 g/mol. The van der Waals surface area contributed by atoms with E-state index < -0.39 is 0 Å². The molecule has 2 aromatic rings. The summed E-state index contributed by atoms with van der Waals surface area (Å²) in [4.78, 5) is 8.15. The van der Waals surface area contributed by atoms with Gasteiger partial charge in [0.2, 0.25) is 0 Å².